The molecule has 6 nitrogen and oxygen atoms in total. The van der Waals surface area contributed by atoms with Gasteiger partial charge in [-0.05, 0) is 23.1 Å². The number of rotatable bonds is 11. The lowest BCUT2D eigenvalue weighted by Gasteiger charge is -2.20. The second-order valence-corrected chi connectivity index (χ2v) is 7.42. The maximum Gasteiger partial charge on any atom is 0.152 e. The van der Waals surface area contributed by atoms with E-state index in [0.29, 0.717) is 43.3 Å². The molecule has 0 atom stereocenters. The summed E-state index contributed by atoms with van der Waals surface area (Å²) in [6.07, 6.45) is 4.70. The van der Waals surface area contributed by atoms with Crippen LogP contribution in [-0.4, -0.2) is 5.71 Å². The number of benzene rings is 3. The fourth-order valence-corrected chi connectivity index (χ4v) is 3.20. The smallest absolute Gasteiger partial charge is 0.152 e. The lowest BCUT2D eigenvalue weighted by Crippen LogP contribution is -2.30. The number of hydrogen-bond acceptors (Lipinski definition) is 6. The van der Waals surface area contributed by atoms with Gasteiger partial charge in [-0.2, -0.15) is 0 Å². The first kappa shape index (κ1) is 22.3. The molecule has 0 radical (unpaired) electrons. The summed E-state index contributed by atoms with van der Waals surface area (Å²) in [5, 5.41) is 4.39. The lowest BCUT2D eigenvalue weighted by atomic mass is 10.1. The summed E-state index contributed by atoms with van der Waals surface area (Å²) in [6, 6.07) is 29.9. The Balaban J connectivity index is 1.39. The Labute approximate surface area is 194 Å². The molecule has 6 heteroatoms. The van der Waals surface area contributed by atoms with E-state index in [9.17, 15) is 0 Å². The van der Waals surface area contributed by atoms with Crippen molar-refractivity contribution < 1.29 is 14.5 Å². The Bertz CT molecular complexity index is 1020. The maximum absolute atomic E-state index is 5.73. The summed E-state index contributed by atoms with van der Waals surface area (Å²) in [4.78, 5) is 17.1. The highest BCUT2D eigenvalue weighted by atomic mass is 16.7. The highest BCUT2D eigenvalue weighted by Gasteiger charge is 2.18. The fourth-order valence-electron chi connectivity index (χ4n) is 3.20. The lowest BCUT2D eigenvalue weighted by molar-refractivity contribution is 0.0468. The van der Waals surface area contributed by atoms with Gasteiger partial charge < -0.3 is 4.84 Å². The van der Waals surface area contributed by atoms with Crippen LogP contribution in [0.1, 0.15) is 23.1 Å². The SMILES string of the molecule is C1=C(NOCc2ccccc2)C(=NOCc2ccccc2)C(NOCc2ccccc2)=CC1. The largest absolute Gasteiger partial charge is 0.390 e. The third-order valence-corrected chi connectivity index (χ3v) is 4.91. The number of allylic oxidation sites excluding steroid dienone is 2. The Hall–Kier alpha value is -3.87. The zero-order valence-corrected chi connectivity index (χ0v) is 18.3. The molecule has 4 rings (SSSR count). The minimum Gasteiger partial charge on any atom is -0.390 e. The van der Waals surface area contributed by atoms with Gasteiger partial charge in [0.15, 0.2) is 5.71 Å². The minimum absolute atomic E-state index is 0.362. The van der Waals surface area contributed by atoms with Gasteiger partial charge in [0.1, 0.15) is 6.61 Å². The van der Waals surface area contributed by atoms with Crippen molar-refractivity contribution in [2.24, 2.45) is 5.16 Å². The first-order valence-electron chi connectivity index (χ1n) is 10.9. The van der Waals surface area contributed by atoms with E-state index in [-0.39, 0.29) is 0 Å². The van der Waals surface area contributed by atoms with Crippen molar-refractivity contribution in [1.29, 1.82) is 0 Å². The number of nitrogens with one attached hydrogen (secondary N) is 2. The average Bonchev–Trinajstić information content (AvgIpc) is 2.87. The number of hydroxylamine groups is 2. The molecule has 3 aromatic rings. The Morgan fingerprint density at radius 3 is 1.45 bits per heavy atom. The molecule has 3 aromatic carbocycles. The first-order chi connectivity index (χ1) is 16.4. The van der Waals surface area contributed by atoms with Gasteiger partial charge in [0, 0.05) is 0 Å². The van der Waals surface area contributed by atoms with Gasteiger partial charge in [-0.15, -0.1) is 0 Å². The van der Waals surface area contributed by atoms with Crippen LogP contribution in [0.3, 0.4) is 0 Å². The standard InChI is InChI=1S/C27H27N3O3/c1-4-11-22(12-5-1)19-31-28-25-17-10-18-26(29-32-20-23-13-6-2-7-14-23)27(25)30-33-21-24-15-8-3-9-16-24/h1-9,11-18,28-29H,10,19-21H2. The van der Waals surface area contributed by atoms with E-state index < -0.39 is 0 Å². The van der Waals surface area contributed by atoms with Gasteiger partial charge in [-0.25, -0.2) is 0 Å². The van der Waals surface area contributed by atoms with Crippen LogP contribution in [0.2, 0.25) is 0 Å². The van der Waals surface area contributed by atoms with Crippen LogP contribution in [0.15, 0.2) is 120 Å². The Kier molecular flexibility index (Phi) is 8.28. The molecule has 0 unspecified atom stereocenters. The van der Waals surface area contributed by atoms with E-state index in [1.165, 1.54) is 0 Å². The zero-order valence-electron chi connectivity index (χ0n) is 18.3. The molecule has 0 bridgehead atoms. The Morgan fingerprint density at radius 1 is 0.576 bits per heavy atom. The predicted octanol–water partition coefficient (Wildman–Crippen LogP) is 5.17. The third-order valence-electron chi connectivity index (χ3n) is 4.91. The van der Waals surface area contributed by atoms with Gasteiger partial charge in [-0.3, -0.25) is 20.6 Å². The van der Waals surface area contributed by atoms with Crippen molar-refractivity contribution in [3.8, 4) is 0 Å². The molecule has 33 heavy (non-hydrogen) atoms. The molecule has 1 aliphatic rings. The molecule has 0 heterocycles. The average molecular weight is 442 g/mol. The molecular formula is C27H27N3O3. The molecule has 0 amide bonds. The molecule has 0 aliphatic heterocycles. The maximum atomic E-state index is 5.73. The van der Waals surface area contributed by atoms with Gasteiger partial charge in [0.25, 0.3) is 0 Å². The van der Waals surface area contributed by atoms with Crippen molar-refractivity contribution in [2.75, 3.05) is 0 Å². The summed E-state index contributed by atoms with van der Waals surface area (Å²) < 4.78 is 0. The predicted molar refractivity (Wildman–Crippen MR) is 128 cm³/mol. The van der Waals surface area contributed by atoms with Crippen molar-refractivity contribution in [2.45, 2.75) is 26.2 Å². The topological polar surface area (TPSA) is 64.1 Å². The van der Waals surface area contributed by atoms with Crippen LogP contribution in [-0.2, 0) is 34.3 Å². The molecule has 1 aliphatic carbocycles. The summed E-state index contributed by atoms with van der Waals surface area (Å²) >= 11 is 0. The van der Waals surface area contributed by atoms with E-state index in [1.807, 2.05) is 103 Å². The quantitative estimate of drug-likeness (QED) is 0.402. The van der Waals surface area contributed by atoms with Crippen molar-refractivity contribution in [3.05, 3.63) is 131 Å². The molecule has 0 saturated carbocycles. The third kappa shape index (κ3) is 7.07. The van der Waals surface area contributed by atoms with Crippen LogP contribution in [0, 0.1) is 0 Å². The van der Waals surface area contributed by atoms with E-state index in [2.05, 4.69) is 16.1 Å². The minimum atomic E-state index is 0.362. The van der Waals surface area contributed by atoms with Crippen molar-refractivity contribution in [3.63, 3.8) is 0 Å². The molecule has 0 fully saturated rings. The van der Waals surface area contributed by atoms with E-state index in [4.69, 9.17) is 14.5 Å². The molecule has 0 spiro atoms. The normalized spacial score (nSPS) is 13.0. The van der Waals surface area contributed by atoms with Crippen LogP contribution in [0.4, 0.5) is 0 Å². The number of nitrogens with zero attached hydrogens (tertiary/aromatic N) is 1. The van der Waals surface area contributed by atoms with Gasteiger partial charge in [0.05, 0.1) is 24.6 Å². The first-order valence-corrected chi connectivity index (χ1v) is 10.9. The number of oxime groups is 1. The monoisotopic (exact) mass is 441 g/mol. The molecule has 0 aromatic heterocycles. The molecular weight excluding hydrogens is 414 g/mol. The van der Waals surface area contributed by atoms with Gasteiger partial charge in [-0.1, -0.05) is 108 Å². The second kappa shape index (κ2) is 12.2. The van der Waals surface area contributed by atoms with E-state index in [0.717, 1.165) is 16.7 Å². The highest BCUT2D eigenvalue weighted by Crippen LogP contribution is 2.15. The summed E-state index contributed by atoms with van der Waals surface area (Å²) in [5.41, 5.74) is 11.2. The number of hydrogen-bond donors (Lipinski definition) is 2. The molecule has 2 N–H and O–H groups in total. The van der Waals surface area contributed by atoms with E-state index in [1.54, 1.807) is 0 Å². The van der Waals surface area contributed by atoms with Crippen LogP contribution >= 0.6 is 0 Å². The summed E-state index contributed by atoms with van der Waals surface area (Å²) in [5.74, 6) is 0. The van der Waals surface area contributed by atoms with Crippen LogP contribution in [0.5, 0.6) is 0 Å². The highest BCUT2D eigenvalue weighted by molar-refractivity contribution is 6.11. The summed E-state index contributed by atoms with van der Waals surface area (Å²) in [6.45, 7) is 1.21. The Morgan fingerprint density at radius 2 is 1.00 bits per heavy atom. The van der Waals surface area contributed by atoms with Gasteiger partial charge in [0.2, 0.25) is 0 Å². The second-order valence-electron chi connectivity index (χ2n) is 7.42. The molecule has 168 valence electrons. The van der Waals surface area contributed by atoms with Crippen LogP contribution < -0.4 is 11.0 Å². The van der Waals surface area contributed by atoms with E-state index >= 15 is 0 Å². The van der Waals surface area contributed by atoms with Crippen molar-refractivity contribution >= 4 is 5.71 Å². The molecule has 0 saturated heterocycles. The van der Waals surface area contributed by atoms with Crippen LogP contribution in [0.25, 0.3) is 0 Å². The fraction of sp³-hybridized carbons (Fsp3) is 0.148. The zero-order chi connectivity index (χ0) is 22.6. The van der Waals surface area contributed by atoms with Gasteiger partial charge >= 0.3 is 0 Å². The summed E-state index contributed by atoms with van der Waals surface area (Å²) in [7, 11) is 0. The van der Waals surface area contributed by atoms with Crippen molar-refractivity contribution in [1.82, 2.24) is 11.0 Å².